The number of nitrogens with zero attached hydrogens (tertiary/aromatic N) is 3. The monoisotopic (exact) mass is 456 g/mol. The van der Waals surface area contributed by atoms with Gasteiger partial charge in [0.25, 0.3) is 0 Å². The standard InChI is InChI=1S/C24H32N4O3S/c1-24(2,3)31-23(30)28-13-9-18(10-14-28)21(29)26-22-25-19-11-12-27(16-20(19)32-22)15-17-7-5-4-6-8-17/h4-8,18H,9-16H2,1-3H3,(H,25,26,29). The molecule has 2 aliphatic heterocycles. The van der Waals surface area contributed by atoms with Crippen molar-refractivity contribution >= 4 is 28.5 Å². The average Bonchev–Trinajstić information content (AvgIpc) is 3.15. The molecule has 3 heterocycles. The first-order valence-corrected chi connectivity index (χ1v) is 12.1. The molecule has 0 unspecified atom stereocenters. The first-order valence-electron chi connectivity index (χ1n) is 11.3. The van der Waals surface area contributed by atoms with Gasteiger partial charge in [-0.1, -0.05) is 30.3 Å². The molecule has 32 heavy (non-hydrogen) atoms. The van der Waals surface area contributed by atoms with Gasteiger partial charge < -0.3 is 15.0 Å². The SMILES string of the molecule is CC(C)(C)OC(=O)N1CCC(C(=O)Nc2nc3c(s2)CN(Cc2ccccc2)CC3)CC1. The van der Waals surface area contributed by atoms with Gasteiger partial charge in [0.05, 0.1) is 5.69 Å². The predicted molar refractivity (Wildman–Crippen MR) is 126 cm³/mol. The van der Waals surface area contributed by atoms with Crippen molar-refractivity contribution < 1.29 is 14.3 Å². The van der Waals surface area contributed by atoms with Gasteiger partial charge in [-0.25, -0.2) is 9.78 Å². The zero-order valence-electron chi connectivity index (χ0n) is 19.1. The molecule has 1 saturated heterocycles. The number of aromatic nitrogens is 1. The van der Waals surface area contributed by atoms with Crippen LogP contribution in [0.25, 0.3) is 0 Å². The van der Waals surface area contributed by atoms with Gasteiger partial charge in [0, 0.05) is 49.9 Å². The van der Waals surface area contributed by atoms with E-state index in [-0.39, 0.29) is 17.9 Å². The summed E-state index contributed by atoms with van der Waals surface area (Å²) in [7, 11) is 0. The first kappa shape index (κ1) is 22.7. The van der Waals surface area contributed by atoms with Crippen molar-refractivity contribution in [1.82, 2.24) is 14.8 Å². The van der Waals surface area contributed by atoms with Gasteiger partial charge in [-0.15, -0.1) is 11.3 Å². The lowest BCUT2D eigenvalue weighted by molar-refractivity contribution is -0.121. The minimum Gasteiger partial charge on any atom is -0.444 e. The molecule has 0 aliphatic carbocycles. The Morgan fingerprint density at radius 2 is 1.88 bits per heavy atom. The molecular formula is C24H32N4O3S. The van der Waals surface area contributed by atoms with Crippen LogP contribution in [-0.4, -0.2) is 52.0 Å². The van der Waals surface area contributed by atoms with Crippen molar-refractivity contribution in [3.05, 3.63) is 46.5 Å². The van der Waals surface area contributed by atoms with E-state index < -0.39 is 5.60 Å². The average molecular weight is 457 g/mol. The van der Waals surface area contributed by atoms with Gasteiger partial charge in [-0.2, -0.15) is 0 Å². The zero-order chi connectivity index (χ0) is 22.7. The van der Waals surface area contributed by atoms with E-state index >= 15 is 0 Å². The third kappa shape index (κ3) is 5.86. The molecular weight excluding hydrogens is 424 g/mol. The van der Waals surface area contributed by atoms with Gasteiger partial charge in [-0.3, -0.25) is 9.69 Å². The minimum atomic E-state index is -0.508. The summed E-state index contributed by atoms with van der Waals surface area (Å²) in [6, 6.07) is 10.5. The Labute approximate surface area is 193 Å². The van der Waals surface area contributed by atoms with E-state index in [0.29, 0.717) is 31.1 Å². The fraction of sp³-hybridized carbons (Fsp3) is 0.542. The number of amides is 2. The van der Waals surface area contributed by atoms with Crippen LogP contribution in [0.4, 0.5) is 9.93 Å². The zero-order valence-corrected chi connectivity index (χ0v) is 19.9. The molecule has 8 heteroatoms. The number of carbonyl (C=O) groups is 2. The minimum absolute atomic E-state index is 0.000998. The lowest BCUT2D eigenvalue weighted by atomic mass is 9.96. The second-order valence-corrected chi connectivity index (χ2v) is 10.6. The maximum absolute atomic E-state index is 12.8. The number of thiazole rings is 1. The van der Waals surface area contributed by atoms with Gasteiger partial charge in [0.15, 0.2) is 5.13 Å². The Morgan fingerprint density at radius 3 is 2.56 bits per heavy atom. The Hall–Kier alpha value is -2.45. The lowest BCUT2D eigenvalue weighted by Gasteiger charge is -2.32. The molecule has 1 aromatic carbocycles. The first-order chi connectivity index (χ1) is 15.3. The Balaban J connectivity index is 1.28. The molecule has 4 rings (SSSR count). The Bertz CT molecular complexity index is 946. The highest BCUT2D eigenvalue weighted by Crippen LogP contribution is 2.30. The van der Waals surface area contributed by atoms with Crippen LogP contribution in [0.15, 0.2) is 30.3 Å². The smallest absolute Gasteiger partial charge is 0.410 e. The molecule has 1 N–H and O–H groups in total. The molecule has 0 radical (unpaired) electrons. The highest BCUT2D eigenvalue weighted by atomic mass is 32.1. The molecule has 0 atom stereocenters. The molecule has 2 amide bonds. The number of anilines is 1. The third-order valence-electron chi connectivity index (χ3n) is 5.81. The van der Waals surface area contributed by atoms with Crippen LogP contribution in [-0.2, 0) is 29.0 Å². The maximum Gasteiger partial charge on any atom is 0.410 e. The number of rotatable bonds is 4. The summed E-state index contributed by atoms with van der Waals surface area (Å²) < 4.78 is 5.44. The number of benzene rings is 1. The van der Waals surface area contributed by atoms with Crippen LogP contribution >= 0.6 is 11.3 Å². The van der Waals surface area contributed by atoms with Crippen LogP contribution < -0.4 is 5.32 Å². The second-order valence-electron chi connectivity index (χ2n) is 9.57. The van der Waals surface area contributed by atoms with Crippen LogP contribution in [0.5, 0.6) is 0 Å². The largest absolute Gasteiger partial charge is 0.444 e. The summed E-state index contributed by atoms with van der Waals surface area (Å²) in [5.41, 5.74) is 1.91. The lowest BCUT2D eigenvalue weighted by Crippen LogP contribution is -2.43. The molecule has 172 valence electrons. The van der Waals surface area contributed by atoms with Crippen molar-refractivity contribution in [2.75, 3.05) is 25.0 Å². The summed E-state index contributed by atoms with van der Waals surface area (Å²) in [5, 5.41) is 3.72. The van der Waals surface area contributed by atoms with E-state index in [1.165, 1.54) is 10.4 Å². The van der Waals surface area contributed by atoms with Crippen molar-refractivity contribution in [3.8, 4) is 0 Å². The van der Waals surface area contributed by atoms with Gasteiger partial charge >= 0.3 is 6.09 Å². The van der Waals surface area contributed by atoms with Crippen molar-refractivity contribution in [3.63, 3.8) is 0 Å². The number of ether oxygens (including phenoxy) is 1. The molecule has 0 bridgehead atoms. The fourth-order valence-corrected chi connectivity index (χ4v) is 5.19. The topological polar surface area (TPSA) is 74.8 Å². The van der Waals surface area contributed by atoms with E-state index in [1.54, 1.807) is 16.2 Å². The van der Waals surface area contributed by atoms with E-state index in [4.69, 9.17) is 4.74 Å². The normalized spacial score (nSPS) is 17.7. The Kier molecular flexibility index (Phi) is 6.81. The summed E-state index contributed by atoms with van der Waals surface area (Å²) in [5.74, 6) is -0.106. The highest BCUT2D eigenvalue weighted by molar-refractivity contribution is 7.15. The number of carbonyl (C=O) groups excluding carboxylic acids is 2. The van der Waals surface area contributed by atoms with Crippen molar-refractivity contribution in [1.29, 1.82) is 0 Å². The molecule has 2 aromatic rings. The number of hydrogen-bond acceptors (Lipinski definition) is 6. The van der Waals surface area contributed by atoms with E-state index in [0.717, 1.165) is 31.7 Å². The van der Waals surface area contributed by atoms with Crippen LogP contribution in [0.1, 0.15) is 49.7 Å². The molecule has 1 fully saturated rings. The summed E-state index contributed by atoms with van der Waals surface area (Å²) in [6.45, 7) is 9.43. The molecule has 0 spiro atoms. The Morgan fingerprint density at radius 1 is 1.16 bits per heavy atom. The van der Waals surface area contributed by atoms with Crippen molar-refractivity contribution in [2.24, 2.45) is 5.92 Å². The highest BCUT2D eigenvalue weighted by Gasteiger charge is 2.30. The quantitative estimate of drug-likeness (QED) is 0.743. The van der Waals surface area contributed by atoms with E-state index in [9.17, 15) is 9.59 Å². The molecule has 0 saturated carbocycles. The van der Waals surface area contributed by atoms with Gasteiger partial charge in [-0.05, 0) is 39.2 Å². The number of hydrogen-bond donors (Lipinski definition) is 1. The predicted octanol–water partition coefficient (Wildman–Crippen LogP) is 4.29. The fourth-order valence-electron chi connectivity index (χ4n) is 4.14. The molecule has 2 aliphatic rings. The maximum atomic E-state index is 12.8. The molecule has 1 aromatic heterocycles. The van der Waals surface area contributed by atoms with Crippen molar-refractivity contribution in [2.45, 2.75) is 58.7 Å². The summed E-state index contributed by atoms with van der Waals surface area (Å²) in [4.78, 5) is 35.1. The second kappa shape index (κ2) is 9.58. The number of piperidine rings is 1. The van der Waals surface area contributed by atoms with Gasteiger partial charge in [0.1, 0.15) is 5.60 Å². The van der Waals surface area contributed by atoms with E-state index in [2.05, 4.69) is 39.5 Å². The molecule has 7 nitrogen and oxygen atoms in total. The van der Waals surface area contributed by atoms with Crippen LogP contribution in [0.2, 0.25) is 0 Å². The number of likely N-dealkylation sites (tertiary alicyclic amines) is 1. The number of fused-ring (bicyclic) bond motifs is 1. The summed E-state index contributed by atoms with van der Waals surface area (Å²) in [6.07, 6.45) is 1.88. The number of nitrogens with one attached hydrogen (secondary N) is 1. The van der Waals surface area contributed by atoms with Gasteiger partial charge in [0.2, 0.25) is 5.91 Å². The van der Waals surface area contributed by atoms with Crippen LogP contribution in [0, 0.1) is 5.92 Å². The summed E-state index contributed by atoms with van der Waals surface area (Å²) >= 11 is 1.58. The van der Waals surface area contributed by atoms with E-state index in [1.807, 2.05) is 26.8 Å². The van der Waals surface area contributed by atoms with Crippen LogP contribution in [0.3, 0.4) is 0 Å². The third-order valence-corrected chi connectivity index (χ3v) is 6.80.